The number of piperazine rings is 1. The van der Waals surface area contributed by atoms with Crippen molar-refractivity contribution in [2.24, 2.45) is 5.92 Å². The van der Waals surface area contributed by atoms with E-state index >= 15 is 0 Å². The summed E-state index contributed by atoms with van der Waals surface area (Å²) in [5.74, 6) is 0.642. The lowest BCUT2D eigenvalue weighted by atomic mass is 10.2. The average molecular weight is 311 g/mol. The molecule has 1 aromatic rings. The van der Waals surface area contributed by atoms with E-state index < -0.39 is 10.0 Å². The van der Waals surface area contributed by atoms with E-state index in [9.17, 15) is 8.42 Å². The van der Waals surface area contributed by atoms with Crippen LogP contribution in [0.1, 0.15) is 19.4 Å². The second-order valence-electron chi connectivity index (χ2n) is 6.09. The van der Waals surface area contributed by atoms with E-state index in [4.69, 9.17) is 5.73 Å². The van der Waals surface area contributed by atoms with Crippen molar-refractivity contribution in [3.05, 3.63) is 29.8 Å². The maximum absolute atomic E-state index is 12.5. The quantitative estimate of drug-likeness (QED) is 0.834. The molecule has 0 amide bonds. The zero-order valence-electron chi connectivity index (χ0n) is 12.8. The number of nitrogens with two attached hydrogens (primary N) is 1. The van der Waals surface area contributed by atoms with Gasteiger partial charge in [-0.1, -0.05) is 26.0 Å². The molecule has 1 saturated heterocycles. The van der Waals surface area contributed by atoms with Crippen LogP contribution in [0.4, 0.5) is 5.69 Å². The molecular formula is C15H25N3O2S. The van der Waals surface area contributed by atoms with Crippen molar-refractivity contribution in [3.63, 3.8) is 0 Å². The van der Waals surface area contributed by atoms with Crippen LogP contribution in [0.3, 0.4) is 0 Å². The molecule has 118 valence electrons. The molecule has 0 atom stereocenters. The second kappa shape index (κ2) is 6.77. The van der Waals surface area contributed by atoms with Crippen LogP contribution in [0, 0.1) is 5.92 Å². The molecule has 2 rings (SSSR count). The Bertz CT molecular complexity index is 564. The van der Waals surface area contributed by atoms with Crippen LogP contribution in [-0.4, -0.2) is 50.3 Å². The SMILES string of the molecule is CC(C)CN1CCN(S(=O)(=O)Cc2cccc(N)c2)CC1. The third-order valence-electron chi connectivity index (χ3n) is 3.65. The number of nitrogen functional groups attached to an aromatic ring is 1. The minimum absolute atomic E-state index is 0.0300. The lowest BCUT2D eigenvalue weighted by Crippen LogP contribution is -2.49. The largest absolute Gasteiger partial charge is 0.399 e. The lowest BCUT2D eigenvalue weighted by molar-refractivity contribution is 0.172. The number of sulfonamides is 1. The van der Waals surface area contributed by atoms with Crippen LogP contribution in [-0.2, 0) is 15.8 Å². The fraction of sp³-hybridized carbons (Fsp3) is 0.600. The molecule has 1 heterocycles. The summed E-state index contributed by atoms with van der Waals surface area (Å²) < 4.78 is 26.5. The molecule has 0 aliphatic carbocycles. The topological polar surface area (TPSA) is 66.6 Å². The fourth-order valence-electron chi connectivity index (χ4n) is 2.69. The standard InChI is InChI=1S/C15H25N3O2S/c1-13(2)11-17-6-8-18(9-7-17)21(19,20)12-14-4-3-5-15(16)10-14/h3-5,10,13H,6-9,11-12,16H2,1-2H3. The number of hydrogen-bond donors (Lipinski definition) is 1. The van der Waals surface area contributed by atoms with Crippen molar-refractivity contribution in [1.82, 2.24) is 9.21 Å². The van der Waals surface area contributed by atoms with Gasteiger partial charge in [0, 0.05) is 38.4 Å². The summed E-state index contributed by atoms with van der Waals surface area (Å²) in [6, 6.07) is 7.09. The third kappa shape index (κ3) is 4.69. The molecule has 0 aromatic heterocycles. The Morgan fingerprint density at radius 1 is 1.19 bits per heavy atom. The first-order chi connectivity index (χ1) is 9.87. The molecule has 21 heavy (non-hydrogen) atoms. The van der Waals surface area contributed by atoms with Crippen molar-refractivity contribution < 1.29 is 8.42 Å². The van der Waals surface area contributed by atoms with Crippen molar-refractivity contribution in [3.8, 4) is 0 Å². The molecule has 6 heteroatoms. The molecule has 1 fully saturated rings. The summed E-state index contributed by atoms with van der Waals surface area (Å²) >= 11 is 0. The molecule has 0 bridgehead atoms. The molecule has 1 aliphatic rings. The summed E-state index contributed by atoms with van der Waals surface area (Å²) in [4.78, 5) is 2.33. The predicted octanol–water partition coefficient (Wildman–Crippen LogP) is 1.37. The molecule has 1 aromatic carbocycles. The molecule has 1 aliphatic heterocycles. The summed E-state index contributed by atoms with van der Waals surface area (Å²) in [5, 5.41) is 0. The second-order valence-corrected chi connectivity index (χ2v) is 8.06. The van der Waals surface area contributed by atoms with Crippen molar-refractivity contribution in [1.29, 1.82) is 0 Å². The Hall–Kier alpha value is -1.11. The van der Waals surface area contributed by atoms with E-state index in [1.807, 2.05) is 6.07 Å². The Balaban J connectivity index is 1.95. The highest BCUT2D eigenvalue weighted by atomic mass is 32.2. The highest BCUT2D eigenvalue weighted by Gasteiger charge is 2.27. The van der Waals surface area contributed by atoms with Crippen LogP contribution in [0.25, 0.3) is 0 Å². The number of benzene rings is 1. The molecule has 0 unspecified atom stereocenters. The van der Waals surface area contributed by atoms with Gasteiger partial charge < -0.3 is 10.6 Å². The van der Waals surface area contributed by atoms with Gasteiger partial charge in [-0.25, -0.2) is 8.42 Å². The van der Waals surface area contributed by atoms with E-state index in [-0.39, 0.29) is 5.75 Å². The van der Waals surface area contributed by atoms with Gasteiger partial charge in [0.2, 0.25) is 10.0 Å². The zero-order chi connectivity index (χ0) is 15.5. The van der Waals surface area contributed by atoms with Gasteiger partial charge in [0.1, 0.15) is 0 Å². The molecule has 5 nitrogen and oxygen atoms in total. The molecule has 2 N–H and O–H groups in total. The summed E-state index contributed by atoms with van der Waals surface area (Å²) in [7, 11) is -3.25. The first kappa shape index (κ1) is 16.3. The smallest absolute Gasteiger partial charge is 0.218 e. The Morgan fingerprint density at radius 2 is 1.86 bits per heavy atom. The number of hydrogen-bond acceptors (Lipinski definition) is 4. The van der Waals surface area contributed by atoms with E-state index in [1.54, 1.807) is 22.5 Å². The van der Waals surface area contributed by atoms with Gasteiger partial charge in [-0.15, -0.1) is 0 Å². The highest BCUT2D eigenvalue weighted by Crippen LogP contribution is 2.16. The average Bonchev–Trinajstić information content (AvgIpc) is 2.38. The molecule has 0 spiro atoms. The van der Waals surface area contributed by atoms with Crippen molar-refractivity contribution in [2.45, 2.75) is 19.6 Å². The van der Waals surface area contributed by atoms with E-state index in [2.05, 4.69) is 18.7 Å². The maximum atomic E-state index is 12.5. The van der Waals surface area contributed by atoms with Gasteiger partial charge in [0.25, 0.3) is 0 Å². The van der Waals surface area contributed by atoms with Crippen molar-refractivity contribution >= 4 is 15.7 Å². The predicted molar refractivity (Wildman–Crippen MR) is 86.3 cm³/mol. The number of rotatable bonds is 5. The van der Waals surface area contributed by atoms with Crippen LogP contribution >= 0.6 is 0 Å². The Labute approximate surface area is 127 Å². The van der Waals surface area contributed by atoms with Gasteiger partial charge in [0.05, 0.1) is 5.75 Å². The first-order valence-electron chi connectivity index (χ1n) is 7.41. The molecule has 0 radical (unpaired) electrons. The van der Waals surface area contributed by atoms with Crippen molar-refractivity contribution in [2.75, 3.05) is 38.5 Å². The minimum Gasteiger partial charge on any atom is -0.399 e. The van der Waals surface area contributed by atoms with E-state index in [0.29, 0.717) is 24.7 Å². The minimum atomic E-state index is -3.25. The van der Waals surface area contributed by atoms with Gasteiger partial charge in [-0.05, 0) is 23.6 Å². The number of anilines is 1. The first-order valence-corrected chi connectivity index (χ1v) is 9.02. The Morgan fingerprint density at radius 3 is 2.43 bits per heavy atom. The summed E-state index contributed by atoms with van der Waals surface area (Å²) in [5.41, 5.74) is 7.06. The highest BCUT2D eigenvalue weighted by molar-refractivity contribution is 7.88. The molecule has 0 saturated carbocycles. The van der Waals surface area contributed by atoms with Gasteiger partial charge >= 0.3 is 0 Å². The van der Waals surface area contributed by atoms with Gasteiger partial charge in [-0.2, -0.15) is 4.31 Å². The zero-order valence-corrected chi connectivity index (χ0v) is 13.6. The lowest BCUT2D eigenvalue weighted by Gasteiger charge is -2.34. The normalized spacial score (nSPS) is 18.2. The monoisotopic (exact) mass is 311 g/mol. The van der Waals surface area contributed by atoms with E-state index in [1.165, 1.54) is 0 Å². The van der Waals surface area contributed by atoms with Crippen LogP contribution < -0.4 is 5.73 Å². The third-order valence-corrected chi connectivity index (χ3v) is 5.50. The Kier molecular flexibility index (Phi) is 5.24. The summed E-state index contributed by atoms with van der Waals surface area (Å²) in [6.07, 6.45) is 0. The molecular weight excluding hydrogens is 286 g/mol. The van der Waals surface area contributed by atoms with Crippen LogP contribution in [0.15, 0.2) is 24.3 Å². The number of nitrogens with zero attached hydrogens (tertiary/aromatic N) is 2. The van der Waals surface area contributed by atoms with Crippen LogP contribution in [0.5, 0.6) is 0 Å². The van der Waals surface area contributed by atoms with Gasteiger partial charge in [0.15, 0.2) is 0 Å². The van der Waals surface area contributed by atoms with Gasteiger partial charge in [-0.3, -0.25) is 0 Å². The fourth-order valence-corrected chi connectivity index (χ4v) is 4.19. The van der Waals surface area contributed by atoms with Crippen LogP contribution in [0.2, 0.25) is 0 Å². The van der Waals surface area contributed by atoms with E-state index in [0.717, 1.165) is 25.2 Å². The maximum Gasteiger partial charge on any atom is 0.218 e. The summed E-state index contributed by atoms with van der Waals surface area (Å²) in [6.45, 7) is 8.19.